The number of Topliss-reactive ketones (excluding diaryl/α,β-unsaturated/α-hetero) is 1. The molecule has 0 saturated carbocycles. The van der Waals surface area contributed by atoms with Gasteiger partial charge in [0.05, 0.1) is 6.42 Å². The highest BCUT2D eigenvalue weighted by molar-refractivity contribution is 7.98. The molecule has 0 saturated heterocycles. The van der Waals surface area contributed by atoms with Gasteiger partial charge in [0.2, 0.25) is 0 Å². The van der Waals surface area contributed by atoms with E-state index in [4.69, 9.17) is 4.74 Å². The Balaban J connectivity index is 2.32. The zero-order valence-electron chi connectivity index (χ0n) is 10.1. The summed E-state index contributed by atoms with van der Waals surface area (Å²) >= 11 is 1.59. The van der Waals surface area contributed by atoms with Crippen molar-refractivity contribution < 1.29 is 18.7 Å². The number of benzene rings is 1. The van der Waals surface area contributed by atoms with Gasteiger partial charge in [-0.1, -0.05) is 0 Å². The van der Waals surface area contributed by atoms with Gasteiger partial charge in [0.1, 0.15) is 12.4 Å². The highest BCUT2D eigenvalue weighted by atomic mass is 32.2. The van der Waals surface area contributed by atoms with E-state index in [9.17, 15) is 14.0 Å². The Morgan fingerprint density at radius 2 is 1.89 bits per heavy atom. The third-order valence-corrected chi connectivity index (χ3v) is 2.85. The molecular weight excluding hydrogens is 255 g/mol. The van der Waals surface area contributed by atoms with E-state index in [0.29, 0.717) is 12.2 Å². The molecule has 0 aromatic heterocycles. The molecule has 1 aromatic carbocycles. The fraction of sp³-hybridized carbons (Fsp3) is 0.385. The van der Waals surface area contributed by atoms with Crippen molar-refractivity contribution in [3.05, 3.63) is 35.6 Å². The Hall–Kier alpha value is -1.36. The molecule has 0 aliphatic carbocycles. The van der Waals surface area contributed by atoms with Crippen LogP contribution >= 0.6 is 11.8 Å². The lowest BCUT2D eigenvalue weighted by atomic mass is 10.1. The largest absolute Gasteiger partial charge is 0.465 e. The first-order valence-electron chi connectivity index (χ1n) is 5.57. The second-order valence-electron chi connectivity index (χ2n) is 3.64. The summed E-state index contributed by atoms with van der Waals surface area (Å²) in [7, 11) is 0. The van der Waals surface area contributed by atoms with Crippen molar-refractivity contribution in [3.63, 3.8) is 0 Å². The van der Waals surface area contributed by atoms with Crippen LogP contribution in [-0.4, -0.2) is 30.4 Å². The molecule has 0 heterocycles. The Morgan fingerprint density at radius 1 is 1.22 bits per heavy atom. The minimum atomic E-state index is -0.386. The second-order valence-corrected chi connectivity index (χ2v) is 4.63. The zero-order chi connectivity index (χ0) is 13.4. The topological polar surface area (TPSA) is 43.4 Å². The summed E-state index contributed by atoms with van der Waals surface area (Å²) in [5.74, 6) is -0.197. The molecule has 0 fully saturated rings. The van der Waals surface area contributed by atoms with Crippen LogP contribution in [0, 0.1) is 5.82 Å². The number of hydrogen-bond acceptors (Lipinski definition) is 4. The molecule has 1 aromatic rings. The highest BCUT2D eigenvalue weighted by Crippen LogP contribution is 2.08. The lowest BCUT2D eigenvalue weighted by Gasteiger charge is -2.03. The van der Waals surface area contributed by atoms with Crippen molar-refractivity contribution in [2.45, 2.75) is 12.8 Å². The van der Waals surface area contributed by atoms with Gasteiger partial charge in [-0.25, -0.2) is 4.39 Å². The summed E-state index contributed by atoms with van der Waals surface area (Å²) in [5.41, 5.74) is 0.410. The molecule has 1 rings (SSSR count). The first kappa shape index (κ1) is 14.7. The molecule has 0 aliphatic rings. The van der Waals surface area contributed by atoms with E-state index in [2.05, 4.69) is 0 Å². The predicted molar refractivity (Wildman–Crippen MR) is 69.3 cm³/mol. The average molecular weight is 270 g/mol. The van der Waals surface area contributed by atoms with E-state index >= 15 is 0 Å². The average Bonchev–Trinajstić information content (AvgIpc) is 2.37. The van der Waals surface area contributed by atoms with Crippen LogP contribution < -0.4 is 0 Å². The number of hydrogen-bond donors (Lipinski definition) is 0. The number of carbonyl (C=O) groups is 2. The van der Waals surface area contributed by atoms with E-state index in [-0.39, 0.29) is 30.4 Å². The van der Waals surface area contributed by atoms with Crippen LogP contribution in [0.1, 0.15) is 23.2 Å². The lowest BCUT2D eigenvalue weighted by molar-refractivity contribution is -0.142. The van der Waals surface area contributed by atoms with Gasteiger partial charge in [0, 0.05) is 17.7 Å². The molecule has 18 heavy (non-hydrogen) atoms. The summed E-state index contributed by atoms with van der Waals surface area (Å²) in [6.45, 7) is 0.366. The Bertz CT molecular complexity index is 403. The van der Waals surface area contributed by atoms with Crippen molar-refractivity contribution in [1.29, 1.82) is 0 Å². The van der Waals surface area contributed by atoms with Gasteiger partial charge in [-0.05, 0) is 30.5 Å². The van der Waals surface area contributed by atoms with Crippen molar-refractivity contribution in [3.8, 4) is 0 Å². The third-order valence-electron chi connectivity index (χ3n) is 2.27. The maximum absolute atomic E-state index is 12.6. The van der Waals surface area contributed by atoms with Crippen LogP contribution in [0.5, 0.6) is 0 Å². The van der Waals surface area contributed by atoms with Gasteiger partial charge in [-0.2, -0.15) is 11.8 Å². The minimum absolute atomic E-state index is 0.0601. The minimum Gasteiger partial charge on any atom is -0.465 e. The first-order valence-corrected chi connectivity index (χ1v) is 6.96. The molecule has 0 N–H and O–H groups in total. The van der Waals surface area contributed by atoms with Gasteiger partial charge < -0.3 is 4.74 Å². The second kappa shape index (κ2) is 7.87. The number of ether oxygens (including phenoxy) is 1. The van der Waals surface area contributed by atoms with Crippen LogP contribution in [0.15, 0.2) is 24.3 Å². The molecule has 0 unspecified atom stereocenters. The standard InChI is InChI=1S/C13H15FO3S/c1-18-9-8-17-13(16)7-6-12(15)10-2-4-11(14)5-3-10/h2-5H,6-9H2,1H3. The summed E-state index contributed by atoms with van der Waals surface area (Å²) in [4.78, 5) is 22.9. The molecule has 0 aliphatic heterocycles. The molecule has 0 atom stereocenters. The molecule has 5 heteroatoms. The number of esters is 1. The zero-order valence-corrected chi connectivity index (χ0v) is 11.0. The molecule has 0 bridgehead atoms. The number of halogens is 1. The van der Waals surface area contributed by atoms with Crippen molar-refractivity contribution >= 4 is 23.5 Å². The normalized spacial score (nSPS) is 10.1. The summed E-state index contributed by atoms with van der Waals surface area (Å²) in [6, 6.07) is 5.28. The van der Waals surface area contributed by atoms with Crippen molar-refractivity contribution in [1.82, 2.24) is 0 Å². The van der Waals surface area contributed by atoms with E-state index < -0.39 is 0 Å². The molecule has 0 spiro atoms. The Morgan fingerprint density at radius 3 is 2.50 bits per heavy atom. The molecular formula is C13H15FO3S. The fourth-order valence-electron chi connectivity index (χ4n) is 1.31. The maximum atomic E-state index is 12.6. The first-order chi connectivity index (χ1) is 8.63. The van der Waals surface area contributed by atoms with Crippen LogP contribution in [0.2, 0.25) is 0 Å². The van der Waals surface area contributed by atoms with Gasteiger partial charge >= 0.3 is 5.97 Å². The molecule has 3 nitrogen and oxygen atoms in total. The monoisotopic (exact) mass is 270 g/mol. The van der Waals surface area contributed by atoms with Gasteiger partial charge in [-0.15, -0.1) is 0 Å². The van der Waals surface area contributed by atoms with Crippen LogP contribution in [-0.2, 0) is 9.53 Å². The van der Waals surface area contributed by atoms with Gasteiger partial charge in [0.25, 0.3) is 0 Å². The highest BCUT2D eigenvalue weighted by Gasteiger charge is 2.10. The van der Waals surface area contributed by atoms with E-state index in [1.807, 2.05) is 6.26 Å². The summed E-state index contributed by atoms with van der Waals surface area (Å²) in [5, 5.41) is 0. The summed E-state index contributed by atoms with van der Waals surface area (Å²) in [6.07, 6.45) is 2.07. The van der Waals surface area contributed by atoms with Crippen LogP contribution in [0.4, 0.5) is 4.39 Å². The lowest BCUT2D eigenvalue weighted by Crippen LogP contribution is -2.10. The number of rotatable bonds is 7. The molecule has 0 amide bonds. The number of ketones is 1. The van der Waals surface area contributed by atoms with Crippen LogP contribution in [0.25, 0.3) is 0 Å². The van der Waals surface area contributed by atoms with Crippen LogP contribution in [0.3, 0.4) is 0 Å². The SMILES string of the molecule is CSCCOC(=O)CCC(=O)c1ccc(F)cc1. The fourth-order valence-corrected chi connectivity index (χ4v) is 1.56. The third kappa shape index (κ3) is 5.31. The van der Waals surface area contributed by atoms with Crippen molar-refractivity contribution in [2.75, 3.05) is 18.6 Å². The Kier molecular flexibility index (Phi) is 6.43. The van der Waals surface area contributed by atoms with E-state index in [1.54, 1.807) is 11.8 Å². The maximum Gasteiger partial charge on any atom is 0.306 e. The molecule has 0 radical (unpaired) electrons. The van der Waals surface area contributed by atoms with Gasteiger partial charge in [0.15, 0.2) is 5.78 Å². The summed E-state index contributed by atoms with van der Waals surface area (Å²) < 4.78 is 17.6. The number of carbonyl (C=O) groups excluding carboxylic acids is 2. The number of thioether (sulfide) groups is 1. The predicted octanol–water partition coefficient (Wildman–Crippen LogP) is 2.69. The van der Waals surface area contributed by atoms with Gasteiger partial charge in [-0.3, -0.25) is 9.59 Å². The quantitative estimate of drug-likeness (QED) is 0.434. The van der Waals surface area contributed by atoms with E-state index in [1.165, 1.54) is 24.3 Å². The smallest absolute Gasteiger partial charge is 0.306 e. The molecule has 98 valence electrons. The Labute approximate surface area is 110 Å². The van der Waals surface area contributed by atoms with Crippen molar-refractivity contribution in [2.24, 2.45) is 0 Å². The van der Waals surface area contributed by atoms with E-state index in [0.717, 1.165) is 5.75 Å².